The van der Waals surface area contributed by atoms with Crippen LogP contribution >= 0.6 is 0 Å². The molecule has 0 unspecified atom stereocenters. The van der Waals surface area contributed by atoms with Crippen LogP contribution in [-0.4, -0.2) is 25.7 Å². The lowest BCUT2D eigenvalue weighted by Crippen LogP contribution is -2.01. The third-order valence-electron chi connectivity index (χ3n) is 2.22. The van der Waals surface area contributed by atoms with E-state index in [0.29, 0.717) is 18.4 Å². The smallest absolute Gasteiger partial charge is 0.303 e. The van der Waals surface area contributed by atoms with E-state index in [1.54, 1.807) is 0 Å². The van der Waals surface area contributed by atoms with Crippen LogP contribution in [0.3, 0.4) is 0 Å². The molecule has 6 heteroatoms. The molecule has 0 aromatic heterocycles. The highest BCUT2D eigenvalue weighted by Crippen LogP contribution is 2.16. The molecule has 0 fully saturated rings. The van der Waals surface area contributed by atoms with Gasteiger partial charge in [-0.2, -0.15) is 0 Å². The van der Waals surface area contributed by atoms with Crippen molar-refractivity contribution in [3.05, 3.63) is 29.6 Å². The monoisotopic (exact) mass is 260 g/mol. The number of carbonyl (C=O) groups is 1. The number of sulfone groups is 1. The SMILES string of the molecule is CS(=O)(=O)c1cc(F)cc(CCCC(=O)O)c1. The van der Waals surface area contributed by atoms with Crippen molar-refractivity contribution in [2.45, 2.75) is 24.2 Å². The van der Waals surface area contributed by atoms with E-state index in [0.717, 1.165) is 12.3 Å². The quantitative estimate of drug-likeness (QED) is 0.873. The molecule has 0 aliphatic carbocycles. The Morgan fingerprint density at radius 3 is 2.53 bits per heavy atom. The Morgan fingerprint density at radius 1 is 1.35 bits per heavy atom. The summed E-state index contributed by atoms with van der Waals surface area (Å²) in [4.78, 5) is 10.2. The summed E-state index contributed by atoms with van der Waals surface area (Å²) in [6, 6.07) is 3.55. The number of aryl methyl sites for hydroxylation is 1. The fourth-order valence-corrected chi connectivity index (χ4v) is 2.12. The number of hydrogen-bond acceptors (Lipinski definition) is 3. The molecule has 0 bridgehead atoms. The highest BCUT2D eigenvalue weighted by Gasteiger charge is 2.10. The molecule has 0 saturated carbocycles. The first-order chi connectivity index (χ1) is 7.79. The molecule has 1 aromatic carbocycles. The second-order valence-corrected chi connectivity index (χ2v) is 5.83. The van der Waals surface area contributed by atoms with Gasteiger partial charge in [-0.25, -0.2) is 12.8 Å². The van der Waals surface area contributed by atoms with E-state index < -0.39 is 21.6 Å². The number of benzene rings is 1. The maximum Gasteiger partial charge on any atom is 0.303 e. The summed E-state index contributed by atoms with van der Waals surface area (Å²) >= 11 is 0. The van der Waals surface area contributed by atoms with Crippen LogP contribution in [0.5, 0.6) is 0 Å². The fraction of sp³-hybridized carbons (Fsp3) is 0.364. The normalized spacial score (nSPS) is 11.4. The molecule has 17 heavy (non-hydrogen) atoms. The van der Waals surface area contributed by atoms with Crippen LogP contribution in [0.4, 0.5) is 4.39 Å². The first-order valence-electron chi connectivity index (χ1n) is 5.00. The third kappa shape index (κ3) is 4.52. The van der Waals surface area contributed by atoms with Crippen LogP contribution in [0.25, 0.3) is 0 Å². The molecule has 0 atom stereocenters. The van der Waals surface area contributed by atoms with Gasteiger partial charge in [0, 0.05) is 12.7 Å². The second kappa shape index (κ2) is 5.27. The molecule has 0 heterocycles. The summed E-state index contributed by atoms with van der Waals surface area (Å²) in [5.74, 6) is -1.55. The molecule has 94 valence electrons. The number of carboxylic acid groups (broad SMARTS) is 1. The maximum absolute atomic E-state index is 13.2. The first-order valence-corrected chi connectivity index (χ1v) is 6.89. The van der Waals surface area contributed by atoms with Crippen LogP contribution in [0.15, 0.2) is 23.1 Å². The highest BCUT2D eigenvalue weighted by atomic mass is 32.2. The lowest BCUT2D eigenvalue weighted by molar-refractivity contribution is -0.137. The summed E-state index contributed by atoms with van der Waals surface area (Å²) in [7, 11) is -3.45. The van der Waals surface area contributed by atoms with Gasteiger partial charge in [0.05, 0.1) is 4.90 Å². The van der Waals surface area contributed by atoms with Crippen molar-refractivity contribution in [3.63, 3.8) is 0 Å². The zero-order valence-corrected chi connectivity index (χ0v) is 10.1. The molecule has 0 saturated heterocycles. The maximum atomic E-state index is 13.2. The molecule has 1 aromatic rings. The lowest BCUT2D eigenvalue weighted by Gasteiger charge is -2.04. The van der Waals surface area contributed by atoms with Gasteiger partial charge in [0.25, 0.3) is 0 Å². The van der Waals surface area contributed by atoms with Crippen molar-refractivity contribution in [3.8, 4) is 0 Å². The van der Waals surface area contributed by atoms with Crippen molar-refractivity contribution < 1.29 is 22.7 Å². The molecule has 1 rings (SSSR count). The van der Waals surface area contributed by atoms with Gasteiger partial charge in [0.1, 0.15) is 5.82 Å². The van der Waals surface area contributed by atoms with Crippen molar-refractivity contribution in [1.29, 1.82) is 0 Å². The zero-order chi connectivity index (χ0) is 13.1. The fourth-order valence-electron chi connectivity index (χ4n) is 1.42. The molecule has 0 radical (unpaired) electrons. The molecule has 0 aliphatic heterocycles. The van der Waals surface area contributed by atoms with E-state index in [4.69, 9.17) is 5.11 Å². The van der Waals surface area contributed by atoms with Gasteiger partial charge >= 0.3 is 5.97 Å². The predicted molar refractivity (Wildman–Crippen MR) is 60.1 cm³/mol. The summed E-state index contributed by atoms with van der Waals surface area (Å²) < 4.78 is 35.7. The van der Waals surface area contributed by atoms with Crippen LogP contribution in [0.2, 0.25) is 0 Å². The van der Waals surface area contributed by atoms with E-state index in [1.165, 1.54) is 12.1 Å². The summed E-state index contributed by atoms with van der Waals surface area (Å²) in [6.45, 7) is 0. The molecular weight excluding hydrogens is 247 g/mol. The van der Waals surface area contributed by atoms with Crippen molar-refractivity contribution in [1.82, 2.24) is 0 Å². The van der Waals surface area contributed by atoms with Gasteiger partial charge < -0.3 is 5.11 Å². The molecule has 0 aliphatic rings. The number of hydrogen-bond donors (Lipinski definition) is 1. The topological polar surface area (TPSA) is 71.4 Å². The Labute approximate surface area is 99.0 Å². The third-order valence-corrected chi connectivity index (χ3v) is 3.31. The largest absolute Gasteiger partial charge is 0.481 e. The van der Waals surface area contributed by atoms with Crippen LogP contribution in [-0.2, 0) is 21.1 Å². The van der Waals surface area contributed by atoms with Crippen LogP contribution in [0, 0.1) is 5.82 Å². The second-order valence-electron chi connectivity index (χ2n) is 3.81. The van der Waals surface area contributed by atoms with Crippen molar-refractivity contribution in [2.75, 3.05) is 6.26 Å². The van der Waals surface area contributed by atoms with Crippen molar-refractivity contribution in [2.24, 2.45) is 0 Å². The number of carboxylic acids is 1. The van der Waals surface area contributed by atoms with Crippen molar-refractivity contribution >= 4 is 15.8 Å². The minimum Gasteiger partial charge on any atom is -0.481 e. The van der Waals surface area contributed by atoms with Gasteiger partial charge in [0.2, 0.25) is 0 Å². The minimum atomic E-state index is -3.45. The Hall–Kier alpha value is -1.43. The standard InChI is InChI=1S/C11H13FO4S/c1-17(15,16)10-6-8(5-9(12)7-10)3-2-4-11(13)14/h5-7H,2-4H2,1H3,(H,13,14). The minimum absolute atomic E-state index is 0.0231. The molecule has 4 nitrogen and oxygen atoms in total. The Balaban J connectivity index is 2.87. The van der Waals surface area contributed by atoms with E-state index in [-0.39, 0.29) is 11.3 Å². The highest BCUT2D eigenvalue weighted by molar-refractivity contribution is 7.90. The summed E-state index contributed by atoms with van der Waals surface area (Å²) in [6.07, 6.45) is 1.67. The first kappa shape index (κ1) is 13.6. The van der Waals surface area contributed by atoms with Crippen LogP contribution in [0.1, 0.15) is 18.4 Å². The molecule has 0 spiro atoms. The zero-order valence-electron chi connectivity index (χ0n) is 9.31. The molecular formula is C11H13FO4S. The number of aliphatic carboxylic acids is 1. The van der Waals surface area contributed by atoms with Gasteiger partial charge in [-0.1, -0.05) is 0 Å². The lowest BCUT2D eigenvalue weighted by atomic mass is 10.1. The van der Waals surface area contributed by atoms with E-state index in [9.17, 15) is 17.6 Å². The van der Waals surface area contributed by atoms with E-state index in [1.807, 2.05) is 0 Å². The number of halogens is 1. The van der Waals surface area contributed by atoms with Gasteiger partial charge in [-0.05, 0) is 36.6 Å². The van der Waals surface area contributed by atoms with Crippen LogP contribution < -0.4 is 0 Å². The van der Waals surface area contributed by atoms with E-state index >= 15 is 0 Å². The summed E-state index contributed by atoms with van der Waals surface area (Å²) in [5, 5.41) is 8.46. The Bertz CT molecular complexity index is 522. The molecule has 0 amide bonds. The molecule has 1 N–H and O–H groups in total. The average molecular weight is 260 g/mol. The van der Waals surface area contributed by atoms with Gasteiger partial charge in [0.15, 0.2) is 9.84 Å². The summed E-state index contributed by atoms with van der Waals surface area (Å²) in [5.41, 5.74) is 0.492. The Kier molecular flexibility index (Phi) is 4.22. The predicted octanol–water partition coefficient (Wildman–Crippen LogP) is 1.64. The van der Waals surface area contributed by atoms with Gasteiger partial charge in [-0.3, -0.25) is 4.79 Å². The van der Waals surface area contributed by atoms with E-state index in [2.05, 4.69) is 0 Å². The van der Waals surface area contributed by atoms with Gasteiger partial charge in [-0.15, -0.1) is 0 Å². The average Bonchev–Trinajstić information content (AvgIpc) is 2.14. The Morgan fingerprint density at radius 2 is 2.00 bits per heavy atom. The number of rotatable bonds is 5.